The molecule has 0 aliphatic heterocycles. The molecule has 0 bridgehead atoms. The Balaban J connectivity index is 3.31. The highest BCUT2D eigenvalue weighted by atomic mass is 16.5. The first kappa shape index (κ1) is 12.1. The predicted octanol–water partition coefficient (Wildman–Crippen LogP) is 0.239. The van der Waals surface area contributed by atoms with Gasteiger partial charge in [0.25, 0.3) is 0 Å². The van der Waals surface area contributed by atoms with E-state index in [-0.39, 0.29) is 6.61 Å². The van der Waals surface area contributed by atoms with E-state index in [1.165, 1.54) is 0 Å². The molecule has 0 spiro atoms. The Morgan fingerprint density at radius 2 is 2.23 bits per heavy atom. The quantitative estimate of drug-likeness (QED) is 0.341. The third-order valence-corrected chi connectivity index (χ3v) is 1.49. The van der Waals surface area contributed by atoms with E-state index in [0.717, 1.165) is 19.3 Å². The normalized spacial score (nSPS) is 12.2. The maximum Gasteiger partial charge on any atom is 0.337 e. The molecule has 0 saturated heterocycles. The van der Waals surface area contributed by atoms with Crippen molar-refractivity contribution in [1.82, 2.24) is 0 Å². The fourth-order valence-electron chi connectivity index (χ4n) is 0.734. The van der Waals surface area contributed by atoms with E-state index in [0.29, 0.717) is 0 Å². The lowest BCUT2D eigenvalue weighted by Gasteiger charge is -2.07. The highest BCUT2D eigenvalue weighted by Gasteiger charge is 2.14. The van der Waals surface area contributed by atoms with Gasteiger partial charge in [0.15, 0.2) is 6.10 Å². The van der Waals surface area contributed by atoms with Crippen molar-refractivity contribution in [2.24, 2.45) is 0 Å². The lowest BCUT2D eigenvalue weighted by Crippen LogP contribution is -2.26. The first-order valence-electron chi connectivity index (χ1n) is 4.28. The van der Waals surface area contributed by atoms with E-state index in [1.807, 2.05) is 0 Å². The van der Waals surface area contributed by atoms with Gasteiger partial charge < -0.3 is 14.9 Å². The zero-order valence-corrected chi connectivity index (χ0v) is 7.61. The lowest BCUT2D eigenvalue weighted by molar-refractivity contribution is -0.155. The van der Waals surface area contributed by atoms with Crippen LogP contribution in [0.25, 0.3) is 0 Å². The minimum absolute atomic E-state index is 0.281. The fourth-order valence-corrected chi connectivity index (χ4v) is 0.734. The summed E-state index contributed by atoms with van der Waals surface area (Å²) in [7, 11) is 0. The van der Waals surface area contributed by atoms with Crippen molar-refractivity contribution in [3.8, 4) is 0 Å². The molecule has 4 nitrogen and oxygen atoms in total. The summed E-state index contributed by atoms with van der Waals surface area (Å²) >= 11 is 0. The number of rotatable bonds is 7. The van der Waals surface area contributed by atoms with E-state index < -0.39 is 18.7 Å². The Labute approximate surface area is 77.8 Å². The molecule has 13 heavy (non-hydrogen) atoms. The van der Waals surface area contributed by atoms with Gasteiger partial charge in [-0.2, -0.15) is 0 Å². The van der Waals surface area contributed by atoms with Crippen LogP contribution in [0.2, 0.25) is 0 Å². The van der Waals surface area contributed by atoms with Gasteiger partial charge in [-0.25, -0.2) is 4.79 Å². The Morgan fingerprint density at radius 3 is 2.77 bits per heavy atom. The van der Waals surface area contributed by atoms with Crippen molar-refractivity contribution < 1.29 is 19.7 Å². The minimum Gasteiger partial charge on any atom is -0.464 e. The minimum atomic E-state index is -1.40. The lowest BCUT2D eigenvalue weighted by atomic mass is 10.2. The van der Waals surface area contributed by atoms with Crippen LogP contribution >= 0.6 is 0 Å². The Hall–Kier alpha value is -0.870. The third kappa shape index (κ3) is 6.31. The monoisotopic (exact) mass is 188 g/mol. The van der Waals surface area contributed by atoms with Crippen LogP contribution in [0.4, 0.5) is 0 Å². The van der Waals surface area contributed by atoms with Crippen LogP contribution in [-0.2, 0) is 9.53 Å². The summed E-state index contributed by atoms with van der Waals surface area (Å²) in [4.78, 5) is 10.8. The molecular weight excluding hydrogens is 172 g/mol. The number of esters is 1. The molecule has 2 N–H and O–H groups in total. The van der Waals surface area contributed by atoms with E-state index in [2.05, 4.69) is 11.3 Å². The first-order valence-corrected chi connectivity index (χ1v) is 4.28. The number of aliphatic hydroxyl groups excluding tert-OH is 2. The molecule has 0 aromatic rings. The highest BCUT2D eigenvalue weighted by Crippen LogP contribution is 1.97. The van der Waals surface area contributed by atoms with Crippen LogP contribution in [0, 0.1) is 0 Å². The molecular formula is C9H16O4. The van der Waals surface area contributed by atoms with E-state index in [9.17, 15) is 4.79 Å². The fraction of sp³-hybridized carbons (Fsp3) is 0.667. The number of carbonyl (C=O) groups is 1. The predicted molar refractivity (Wildman–Crippen MR) is 48.1 cm³/mol. The van der Waals surface area contributed by atoms with Crippen molar-refractivity contribution in [1.29, 1.82) is 0 Å². The zero-order valence-electron chi connectivity index (χ0n) is 7.61. The van der Waals surface area contributed by atoms with Gasteiger partial charge >= 0.3 is 5.97 Å². The molecule has 4 heteroatoms. The van der Waals surface area contributed by atoms with Gasteiger partial charge in [0.2, 0.25) is 0 Å². The molecule has 0 radical (unpaired) electrons. The average Bonchev–Trinajstić information content (AvgIpc) is 2.16. The van der Waals surface area contributed by atoms with E-state index >= 15 is 0 Å². The summed E-state index contributed by atoms with van der Waals surface area (Å²) in [6.45, 7) is 3.24. The first-order chi connectivity index (χ1) is 6.22. The smallest absolute Gasteiger partial charge is 0.337 e. The SMILES string of the molecule is C=CCCCCOC(=O)C(O)CO. The summed E-state index contributed by atoms with van der Waals surface area (Å²) in [6, 6.07) is 0. The van der Waals surface area contributed by atoms with Crippen LogP contribution in [0.3, 0.4) is 0 Å². The van der Waals surface area contributed by atoms with Crippen molar-refractivity contribution in [2.45, 2.75) is 25.4 Å². The van der Waals surface area contributed by atoms with Gasteiger partial charge in [-0.3, -0.25) is 0 Å². The van der Waals surface area contributed by atoms with Crippen LogP contribution in [-0.4, -0.2) is 35.5 Å². The van der Waals surface area contributed by atoms with Crippen LogP contribution in [0.15, 0.2) is 12.7 Å². The molecule has 1 atom stereocenters. The van der Waals surface area contributed by atoms with Gasteiger partial charge in [0, 0.05) is 0 Å². The van der Waals surface area contributed by atoms with Crippen molar-refractivity contribution in [3.05, 3.63) is 12.7 Å². The molecule has 1 unspecified atom stereocenters. The van der Waals surface area contributed by atoms with Crippen molar-refractivity contribution in [2.75, 3.05) is 13.2 Å². The summed E-state index contributed by atoms with van der Waals surface area (Å²) in [5.41, 5.74) is 0. The Bertz CT molecular complexity index is 156. The number of unbranched alkanes of at least 4 members (excludes halogenated alkanes) is 2. The largest absolute Gasteiger partial charge is 0.464 e. The molecule has 0 saturated carbocycles. The Kier molecular flexibility index (Phi) is 7.24. The van der Waals surface area contributed by atoms with Gasteiger partial charge in [-0.05, 0) is 19.3 Å². The number of carbonyl (C=O) groups excluding carboxylic acids is 1. The van der Waals surface area contributed by atoms with E-state index in [4.69, 9.17) is 10.2 Å². The molecule has 0 fully saturated rings. The van der Waals surface area contributed by atoms with Crippen LogP contribution in [0.5, 0.6) is 0 Å². The summed E-state index contributed by atoms with van der Waals surface area (Å²) < 4.78 is 4.66. The number of hydrogen-bond donors (Lipinski definition) is 2. The molecule has 0 amide bonds. The van der Waals surface area contributed by atoms with Gasteiger partial charge in [0.1, 0.15) is 0 Å². The zero-order chi connectivity index (χ0) is 10.1. The molecule has 0 aromatic carbocycles. The van der Waals surface area contributed by atoms with Crippen molar-refractivity contribution in [3.63, 3.8) is 0 Å². The van der Waals surface area contributed by atoms with Gasteiger partial charge in [0.05, 0.1) is 13.2 Å². The van der Waals surface area contributed by atoms with Crippen molar-refractivity contribution >= 4 is 5.97 Å². The maximum atomic E-state index is 10.8. The summed E-state index contributed by atoms with van der Waals surface area (Å²) in [5.74, 6) is -0.763. The molecule has 0 heterocycles. The average molecular weight is 188 g/mol. The molecule has 76 valence electrons. The number of hydrogen-bond acceptors (Lipinski definition) is 4. The molecule has 0 aliphatic rings. The topological polar surface area (TPSA) is 66.8 Å². The second-order valence-corrected chi connectivity index (χ2v) is 2.65. The molecule has 0 aromatic heterocycles. The summed E-state index contributed by atoms with van der Waals surface area (Å²) in [6.07, 6.45) is 2.94. The molecule has 0 rings (SSSR count). The summed E-state index contributed by atoms with van der Waals surface area (Å²) in [5, 5.41) is 17.2. The van der Waals surface area contributed by atoms with Gasteiger partial charge in [-0.1, -0.05) is 6.08 Å². The second kappa shape index (κ2) is 7.76. The number of ether oxygens (including phenoxy) is 1. The number of aliphatic hydroxyl groups is 2. The molecule has 0 aliphatic carbocycles. The standard InChI is InChI=1S/C9H16O4/c1-2-3-4-5-6-13-9(12)8(11)7-10/h2,8,10-11H,1,3-7H2. The Morgan fingerprint density at radius 1 is 1.54 bits per heavy atom. The second-order valence-electron chi connectivity index (χ2n) is 2.65. The maximum absolute atomic E-state index is 10.8. The number of allylic oxidation sites excluding steroid dienone is 1. The van der Waals surface area contributed by atoms with Crippen LogP contribution in [0.1, 0.15) is 19.3 Å². The highest BCUT2D eigenvalue weighted by molar-refractivity contribution is 5.74. The third-order valence-electron chi connectivity index (χ3n) is 1.49. The van der Waals surface area contributed by atoms with Crippen LogP contribution < -0.4 is 0 Å². The van der Waals surface area contributed by atoms with Gasteiger partial charge in [-0.15, -0.1) is 6.58 Å². The van der Waals surface area contributed by atoms with E-state index in [1.54, 1.807) is 6.08 Å².